The number of nitrogens with two attached hydrogens (primary N) is 1. The lowest BCUT2D eigenvalue weighted by Crippen LogP contribution is -1.95. The molecule has 0 unspecified atom stereocenters. The molecule has 0 aliphatic rings. The van der Waals surface area contributed by atoms with Crippen LogP contribution in [0, 0.1) is 0 Å². The van der Waals surface area contributed by atoms with Crippen LogP contribution in [0.15, 0.2) is 23.6 Å². The van der Waals surface area contributed by atoms with Gasteiger partial charge >= 0.3 is 0 Å². The molecule has 2 N–H and O–H groups in total. The van der Waals surface area contributed by atoms with Crippen molar-refractivity contribution in [3.05, 3.63) is 34.3 Å². The fourth-order valence-electron chi connectivity index (χ4n) is 2.18. The Morgan fingerprint density at radius 2 is 2.00 bits per heavy atom. The molecule has 0 amide bonds. The second-order valence-electron chi connectivity index (χ2n) is 5.33. The molecule has 0 saturated carbocycles. The smallest absolute Gasteiger partial charge is 0.142 e. The van der Waals surface area contributed by atoms with Gasteiger partial charge < -0.3 is 10.5 Å². The summed E-state index contributed by atoms with van der Waals surface area (Å²) in [6, 6.07) is 5.41. The zero-order valence-electron chi connectivity index (χ0n) is 12.6. The summed E-state index contributed by atoms with van der Waals surface area (Å²) in [5.74, 6) is 1.05. The Morgan fingerprint density at radius 1 is 1.23 bits per heavy atom. The highest BCUT2D eigenvalue weighted by Gasteiger charge is 2.13. The van der Waals surface area contributed by atoms with Crippen LogP contribution in [0.4, 0.5) is 5.69 Å². The molecule has 0 spiro atoms. The molecular weight excluding hydrogens is 318 g/mol. The largest absolute Gasteiger partial charge is 0.497 e. The number of pyridine rings is 1. The van der Waals surface area contributed by atoms with Gasteiger partial charge in [-0.25, -0.2) is 9.97 Å². The molecular formula is C16H16ClN3OS. The molecule has 22 heavy (non-hydrogen) atoms. The fourth-order valence-corrected chi connectivity index (χ4v) is 3.37. The third kappa shape index (κ3) is 2.62. The van der Waals surface area contributed by atoms with E-state index in [-0.39, 0.29) is 0 Å². The van der Waals surface area contributed by atoms with Gasteiger partial charge in [0.2, 0.25) is 0 Å². The third-order valence-corrected chi connectivity index (χ3v) is 4.61. The van der Waals surface area contributed by atoms with Gasteiger partial charge in [-0.15, -0.1) is 11.3 Å². The van der Waals surface area contributed by atoms with Gasteiger partial charge in [0.15, 0.2) is 0 Å². The third-order valence-electron chi connectivity index (χ3n) is 3.44. The van der Waals surface area contributed by atoms with Crippen molar-refractivity contribution in [1.29, 1.82) is 0 Å². The molecule has 2 aromatic heterocycles. The Balaban J connectivity index is 2.17. The molecule has 3 aromatic rings. The van der Waals surface area contributed by atoms with E-state index in [1.807, 2.05) is 12.1 Å². The average Bonchev–Trinajstić information content (AvgIpc) is 2.97. The highest BCUT2D eigenvalue weighted by Crippen LogP contribution is 2.35. The maximum atomic E-state index is 6.31. The number of ether oxygens (including phenoxy) is 1. The van der Waals surface area contributed by atoms with E-state index in [4.69, 9.17) is 22.1 Å². The Hall–Kier alpha value is -1.85. The van der Waals surface area contributed by atoms with E-state index in [1.54, 1.807) is 24.5 Å². The summed E-state index contributed by atoms with van der Waals surface area (Å²) in [6.07, 6.45) is 0. The number of halogens is 1. The lowest BCUT2D eigenvalue weighted by molar-refractivity contribution is 0.415. The maximum absolute atomic E-state index is 6.31. The van der Waals surface area contributed by atoms with E-state index in [2.05, 4.69) is 29.2 Å². The minimum Gasteiger partial charge on any atom is -0.497 e. The molecule has 2 heterocycles. The van der Waals surface area contributed by atoms with Gasteiger partial charge in [0, 0.05) is 22.5 Å². The summed E-state index contributed by atoms with van der Waals surface area (Å²) in [5, 5.41) is 4.21. The number of anilines is 1. The monoisotopic (exact) mass is 333 g/mol. The number of fused-ring (bicyclic) bond motifs is 1. The quantitative estimate of drug-likeness (QED) is 0.753. The Labute approximate surface area is 137 Å². The van der Waals surface area contributed by atoms with Crippen LogP contribution >= 0.6 is 22.9 Å². The number of hydrogen-bond donors (Lipinski definition) is 1. The van der Waals surface area contributed by atoms with E-state index in [0.29, 0.717) is 27.9 Å². The van der Waals surface area contributed by atoms with E-state index in [9.17, 15) is 0 Å². The molecule has 4 nitrogen and oxygen atoms in total. The van der Waals surface area contributed by atoms with E-state index < -0.39 is 0 Å². The molecule has 3 rings (SSSR count). The first-order valence-electron chi connectivity index (χ1n) is 6.89. The van der Waals surface area contributed by atoms with E-state index in [0.717, 1.165) is 21.8 Å². The standard InChI is InChI=1S/C16H16ClN3OS/c1-8(2)14-7-22-16(20-14)13-6-12(18)10-4-9(21-3)5-11(17)15(10)19-13/h4-8H,1-3H3,(H2,18,19). The van der Waals surface area contributed by atoms with Crippen LogP contribution in [0.3, 0.4) is 0 Å². The highest BCUT2D eigenvalue weighted by molar-refractivity contribution is 7.13. The lowest BCUT2D eigenvalue weighted by atomic mass is 10.1. The van der Waals surface area contributed by atoms with Crippen LogP contribution in [0.5, 0.6) is 5.75 Å². The number of nitrogen functional groups attached to an aromatic ring is 1. The van der Waals surface area contributed by atoms with Crippen LogP contribution in [0.2, 0.25) is 5.02 Å². The molecule has 0 bridgehead atoms. The fraction of sp³-hybridized carbons (Fsp3) is 0.250. The van der Waals surface area contributed by atoms with Crippen LogP contribution < -0.4 is 10.5 Å². The summed E-state index contributed by atoms with van der Waals surface area (Å²) in [6.45, 7) is 4.23. The SMILES string of the molecule is COc1cc(Cl)c2nc(-c3nc(C(C)C)cs3)cc(N)c2c1. The first kappa shape index (κ1) is 15.1. The summed E-state index contributed by atoms with van der Waals surface area (Å²) in [7, 11) is 1.60. The van der Waals surface area contributed by atoms with Gasteiger partial charge in [-0.2, -0.15) is 0 Å². The van der Waals surface area contributed by atoms with Crippen molar-refractivity contribution >= 4 is 39.5 Å². The number of thiazole rings is 1. The van der Waals surface area contributed by atoms with Crippen molar-refractivity contribution < 1.29 is 4.74 Å². The Kier molecular flexibility index (Phi) is 3.93. The van der Waals surface area contributed by atoms with Crippen molar-refractivity contribution in [2.24, 2.45) is 0 Å². The van der Waals surface area contributed by atoms with E-state index >= 15 is 0 Å². The zero-order chi connectivity index (χ0) is 15.9. The molecule has 0 radical (unpaired) electrons. The molecule has 1 aromatic carbocycles. The number of methoxy groups -OCH3 is 1. The molecule has 6 heteroatoms. The first-order chi connectivity index (χ1) is 10.5. The van der Waals surface area contributed by atoms with Gasteiger partial charge in [-0.3, -0.25) is 0 Å². The van der Waals surface area contributed by atoms with Crippen LogP contribution in [-0.2, 0) is 0 Å². The predicted molar refractivity (Wildman–Crippen MR) is 92.9 cm³/mol. The average molecular weight is 334 g/mol. The van der Waals surface area contributed by atoms with Crippen LogP contribution in [-0.4, -0.2) is 17.1 Å². The van der Waals surface area contributed by atoms with Gasteiger partial charge in [0.1, 0.15) is 16.5 Å². The van der Waals surface area contributed by atoms with Crippen LogP contribution in [0.25, 0.3) is 21.6 Å². The van der Waals surface area contributed by atoms with Crippen molar-refractivity contribution in [1.82, 2.24) is 9.97 Å². The molecule has 0 atom stereocenters. The minimum absolute atomic E-state index is 0.385. The molecule has 114 valence electrons. The summed E-state index contributed by atoms with van der Waals surface area (Å²) >= 11 is 7.88. The molecule has 0 fully saturated rings. The number of hydrogen-bond acceptors (Lipinski definition) is 5. The van der Waals surface area contributed by atoms with Gasteiger partial charge in [0.25, 0.3) is 0 Å². The Morgan fingerprint density at radius 3 is 2.64 bits per heavy atom. The van der Waals surface area contributed by atoms with Gasteiger partial charge in [0.05, 0.1) is 23.3 Å². The molecule has 0 saturated heterocycles. The number of rotatable bonds is 3. The first-order valence-corrected chi connectivity index (χ1v) is 8.15. The second kappa shape index (κ2) is 5.74. The summed E-state index contributed by atoms with van der Waals surface area (Å²) in [4.78, 5) is 9.26. The summed E-state index contributed by atoms with van der Waals surface area (Å²) < 4.78 is 5.22. The predicted octanol–water partition coefficient (Wildman–Crippen LogP) is 4.73. The topological polar surface area (TPSA) is 61.0 Å². The number of nitrogens with zero attached hydrogens (tertiary/aromatic N) is 2. The van der Waals surface area contributed by atoms with Gasteiger partial charge in [-0.05, 0) is 18.1 Å². The van der Waals surface area contributed by atoms with Crippen molar-refractivity contribution in [2.45, 2.75) is 19.8 Å². The maximum Gasteiger partial charge on any atom is 0.142 e. The van der Waals surface area contributed by atoms with Crippen LogP contribution in [0.1, 0.15) is 25.5 Å². The Bertz CT molecular complexity index is 845. The van der Waals surface area contributed by atoms with Crippen molar-refractivity contribution in [3.63, 3.8) is 0 Å². The zero-order valence-corrected chi connectivity index (χ0v) is 14.1. The minimum atomic E-state index is 0.385. The number of aromatic nitrogens is 2. The van der Waals surface area contributed by atoms with Crippen molar-refractivity contribution in [3.8, 4) is 16.5 Å². The second-order valence-corrected chi connectivity index (χ2v) is 6.60. The molecule has 0 aliphatic carbocycles. The van der Waals surface area contributed by atoms with Crippen molar-refractivity contribution in [2.75, 3.05) is 12.8 Å². The van der Waals surface area contributed by atoms with E-state index in [1.165, 1.54) is 0 Å². The normalized spacial score (nSPS) is 11.3. The van der Waals surface area contributed by atoms with Gasteiger partial charge in [-0.1, -0.05) is 25.4 Å². The molecule has 0 aliphatic heterocycles. The number of benzene rings is 1. The lowest BCUT2D eigenvalue weighted by Gasteiger charge is -2.08. The summed E-state index contributed by atoms with van der Waals surface area (Å²) in [5.41, 5.74) is 9.26. The highest BCUT2D eigenvalue weighted by atomic mass is 35.5.